The summed E-state index contributed by atoms with van der Waals surface area (Å²) in [6.07, 6.45) is 1.45. The summed E-state index contributed by atoms with van der Waals surface area (Å²) in [5.41, 5.74) is -0.854. The maximum atomic E-state index is 14.3. The highest BCUT2D eigenvalue weighted by atomic mass is 19.1. The van der Waals surface area contributed by atoms with Gasteiger partial charge in [0, 0.05) is 18.8 Å². The molecule has 1 heterocycles. The van der Waals surface area contributed by atoms with E-state index in [0.29, 0.717) is 6.54 Å². The van der Waals surface area contributed by atoms with Gasteiger partial charge in [-0.2, -0.15) is 0 Å². The highest BCUT2D eigenvalue weighted by Gasteiger charge is 2.16. The van der Waals surface area contributed by atoms with Gasteiger partial charge in [0.25, 0.3) is 0 Å². The Morgan fingerprint density at radius 3 is 2.79 bits per heavy atom. The van der Waals surface area contributed by atoms with Crippen molar-refractivity contribution in [3.8, 4) is 11.8 Å². The summed E-state index contributed by atoms with van der Waals surface area (Å²) in [6, 6.07) is 2.25. The molecule has 1 N–H and O–H groups in total. The molecule has 0 amide bonds. The van der Waals surface area contributed by atoms with Crippen LogP contribution in [-0.4, -0.2) is 16.3 Å². The molecule has 0 saturated carbocycles. The monoisotopic (exact) mass is 263 g/mol. The number of fused-ring (bicyclic) bond motifs is 1. The lowest BCUT2D eigenvalue weighted by Gasteiger charge is -2.10. The molecule has 1 aromatic heterocycles. The van der Waals surface area contributed by atoms with Crippen LogP contribution in [-0.2, 0) is 6.54 Å². The Morgan fingerprint density at radius 1 is 1.42 bits per heavy atom. The van der Waals surface area contributed by atoms with E-state index in [9.17, 15) is 13.6 Å². The zero-order valence-electron chi connectivity index (χ0n) is 10.2. The molecular formula is C14H11F2NO2. The Morgan fingerprint density at radius 2 is 2.16 bits per heavy atom. The van der Waals surface area contributed by atoms with Gasteiger partial charge in [-0.15, -0.1) is 0 Å². The third-order valence-corrected chi connectivity index (χ3v) is 2.78. The molecular weight excluding hydrogens is 252 g/mol. The van der Waals surface area contributed by atoms with Crippen LogP contribution in [0.1, 0.15) is 12.5 Å². The average molecular weight is 263 g/mol. The SMILES string of the molecule is CCn1ccc(=O)c2cc(F)c(C#CCO)c(F)c21. The predicted octanol–water partition coefficient (Wildman–Crippen LogP) is 1.64. The number of aliphatic hydroxyl groups is 1. The molecule has 0 saturated heterocycles. The first-order valence-corrected chi connectivity index (χ1v) is 5.71. The van der Waals surface area contributed by atoms with Crippen molar-refractivity contribution in [3.63, 3.8) is 0 Å². The second kappa shape index (κ2) is 5.21. The maximum absolute atomic E-state index is 14.3. The first kappa shape index (κ1) is 13.2. The molecule has 0 bridgehead atoms. The van der Waals surface area contributed by atoms with Gasteiger partial charge in [-0.1, -0.05) is 11.8 Å². The molecule has 0 spiro atoms. The van der Waals surface area contributed by atoms with E-state index in [1.807, 2.05) is 0 Å². The van der Waals surface area contributed by atoms with Gasteiger partial charge in [0.05, 0.1) is 16.5 Å². The number of hydrogen-bond donors (Lipinski definition) is 1. The van der Waals surface area contributed by atoms with Crippen molar-refractivity contribution in [2.45, 2.75) is 13.5 Å². The molecule has 3 nitrogen and oxygen atoms in total. The van der Waals surface area contributed by atoms with Crippen LogP contribution >= 0.6 is 0 Å². The largest absolute Gasteiger partial charge is 0.384 e. The predicted molar refractivity (Wildman–Crippen MR) is 67.8 cm³/mol. The molecule has 19 heavy (non-hydrogen) atoms. The lowest BCUT2D eigenvalue weighted by Crippen LogP contribution is -2.10. The third kappa shape index (κ3) is 2.23. The van der Waals surface area contributed by atoms with Gasteiger partial charge in [0.1, 0.15) is 12.4 Å². The molecule has 0 fully saturated rings. The summed E-state index contributed by atoms with van der Waals surface area (Å²) in [7, 11) is 0. The van der Waals surface area contributed by atoms with Crippen LogP contribution in [0.3, 0.4) is 0 Å². The van der Waals surface area contributed by atoms with Gasteiger partial charge in [0.15, 0.2) is 11.2 Å². The number of hydrogen-bond acceptors (Lipinski definition) is 2. The van der Waals surface area contributed by atoms with E-state index in [-0.39, 0.29) is 10.9 Å². The molecule has 98 valence electrons. The van der Waals surface area contributed by atoms with E-state index in [1.54, 1.807) is 6.92 Å². The van der Waals surface area contributed by atoms with E-state index < -0.39 is 29.2 Å². The second-order valence-electron chi connectivity index (χ2n) is 3.87. The van der Waals surface area contributed by atoms with E-state index in [4.69, 9.17) is 5.11 Å². The van der Waals surface area contributed by atoms with Crippen molar-refractivity contribution in [1.29, 1.82) is 0 Å². The average Bonchev–Trinajstić information content (AvgIpc) is 2.40. The number of nitrogens with zero attached hydrogens (tertiary/aromatic N) is 1. The zero-order chi connectivity index (χ0) is 14.0. The molecule has 0 aliphatic heterocycles. The Kier molecular flexibility index (Phi) is 3.63. The quantitative estimate of drug-likeness (QED) is 0.795. The Balaban J connectivity index is 2.93. The Hall–Kier alpha value is -2.19. The van der Waals surface area contributed by atoms with E-state index in [1.165, 1.54) is 16.8 Å². The molecule has 2 rings (SSSR count). The summed E-state index contributed by atoms with van der Waals surface area (Å²) in [5, 5.41) is 8.57. The van der Waals surface area contributed by atoms with Gasteiger partial charge in [0.2, 0.25) is 0 Å². The lowest BCUT2D eigenvalue weighted by molar-refractivity contribution is 0.350. The minimum absolute atomic E-state index is 0.0195. The molecule has 2 aromatic rings. The number of aromatic nitrogens is 1. The van der Waals surface area contributed by atoms with Crippen molar-refractivity contribution in [3.05, 3.63) is 45.8 Å². The number of halogens is 2. The van der Waals surface area contributed by atoms with Gasteiger partial charge in [-0.3, -0.25) is 4.79 Å². The zero-order valence-corrected chi connectivity index (χ0v) is 10.2. The van der Waals surface area contributed by atoms with E-state index in [0.717, 1.165) is 6.07 Å². The van der Waals surface area contributed by atoms with Crippen molar-refractivity contribution < 1.29 is 13.9 Å². The van der Waals surface area contributed by atoms with Gasteiger partial charge < -0.3 is 9.67 Å². The van der Waals surface area contributed by atoms with Crippen molar-refractivity contribution >= 4 is 10.9 Å². The number of rotatable bonds is 1. The van der Waals surface area contributed by atoms with Crippen LogP contribution in [0, 0.1) is 23.5 Å². The Labute approximate surface area is 108 Å². The van der Waals surface area contributed by atoms with E-state index in [2.05, 4.69) is 11.8 Å². The van der Waals surface area contributed by atoms with Crippen LogP contribution in [0.15, 0.2) is 23.1 Å². The summed E-state index contributed by atoms with van der Waals surface area (Å²) in [5.74, 6) is 2.64. The lowest BCUT2D eigenvalue weighted by atomic mass is 10.1. The second-order valence-corrected chi connectivity index (χ2v) is 3.87. The highest BCUT2D eigenvalue weighted by molar-refractivity contribution is 5.81. The van der Waals surface area contributed by atoms with Gasteiger partial charge >= 0.3 is 0 Å². The van der Waals surface area contributed by atoms with Gasteiger partial charge in [-0.25, -0.2) is 8.78 Å². The molecule has 0 radical (unpaired) electrons. The number of aryl methyl sites for hydroxylation is 1. The minimum atomic E-state index is -0.906. The summed E-state index contributed by atoms with van der Waals surface area (Å²) >= 11 is 0. The van der Waals surface area contributed by atoms with Crippen molar-refractivity contribution in [2.24, 2.45) is 0 Å². The van der Waals surface area contributed by atoms with Crippen LogP contribution in [0.4, 0.5) is 8.78 Å². The standard InChI is InChI=1S/C14H11F2NO2/c1-2-17-6-5-12(19)10-8-11(15)9(4-3-7-18)13(16)14(10)17/h5-6,8,18H,2,7H2,1H3. The van der Waals surface area contributed by atoms with Crippen LogP contribution < -0.4 is 5.43 Å². The fourth-order valence-corrected chi connectivity index (χ4v) is 1.91. The number of benzene rings is 1. The molecule has 0 atom stereocenters. The normalized spacial score (nSPS) is 10.3. The first-order chi connectivity index (χ1) is 9.10. The summed E-state index contributed by atoms with van der Waals surface area (Å²) < 4.78 is 29.6. The minimum Gasteiger partial charge on any atom is -0.384 e. The summed E-state index contributed by atoms with van der Waals surface area (Å²) in [6.45, 7) is 1.73. The maximum Gasteiger partial charge on any atom is 0.189 e. The number of pyridine rings is 1. The fraction of sp³-hybridized carbons (Fsp3) is 0.214. The Bertz CT molecular complexity index is 754. The van der Waals surface area contributed by atoms with Crippen molar-refractivity contribution in [1.82, 2.24) is 4.57 Å². The van der Waals surface area contributed by atoms with Crippen LogP contribution in [0.25, 0.3) is 10.9 Å². The first-order valence-electron chi connectivity index (χ1n) is 5.71. The topological polar surface area (TPSA) is 42.2 Å². The van der Waals surface area contributed by atoms with Gasteiger partial charge in [-0.05, 0) is 13.0 Å². The van der Waals surface area contributed by atoms with Crippen molar-refractivity contribution in [2.75, 3.05) is 6.61 Å². The third-order valence-electron chi connectivity index (χ3n) is 2.78. The molecule has 0 unspecified atom stereocenters. The molecule has 0 aliphatic rings. The summed E-state index contributed by atoms with van der Waals surface area (Å²) in [4.78, 5) is 11.7. The highest BCUT2D eigenvalue weighted by Crippen LogP contribution is 2.21. The molecule has 1 aromatic carbocycles. The smallest absolute Gasteiger partial charge is 0.189 e. The van der Waals surface area contributed by atoms with Crippen LogP contribution in [0.5, 0.6) is 0 Å². The fourth-order valence-electron chi connectivity index (χ4n) is 1.91. The van der Waals surface area contributed by atoms with Crippen LogP contribution in [0.2, 0.25) is 0 Å². The molecule has 5 heteroatoms. The molecule has 0 aliphatic carbocycles. The number of aliphatic hydroxyl groups excluding tert-OH is 1. The van der Waals surface area contributed by atoms with E-state index >= 15 is 0 Å².